The molecule has 0 saturated heterocycles. The van der Waals surface area contributed by atoms with Crippen molar-refractivity contribution in [2.24, 2.45) is 0 Å². The molecule has 159 valence electrons. The number of benzene rings is 2. The Bertz CT molecular complexity index is 901. The molecule has 0 spiro atoms. The molecule has 0 heterocycles. The minimum Gasteiger partial charge on any atom is -1.00 e. The van der Waals surface area contributed by atoms with Crippen LogP contribution in [0.3, 0.4) is 0 Å². The first-order valence-electron chi connectivity index (χ1n) is 10.9. The number of aryl methyl sites for hydroxylation is 2. The quantitative estimate of drug-likeness (QED) is 0.507. The molecule has 30 heavy (non-hydrogen) atoms. The predicted molar refractivity (Wildman–Crippen MR) is 123 cm³/mol. The van der Waals surface area contributed by atoms with Crippen LogP contribution in [0.15, 0.2) is 47.5 Å². The molecule has 0 aromatic heterocycles. The molecule has 4 rings (SSSR count). The van der Waals surface area contributed by atoms with Crippen LogP contribution < -0.4 is 24.8 Å². The first-order valence-corrected chi connectivity index (χ1v) is 20.9. The van der Waals surface area contributed by atoms with Crippen molar-refractivity contribution < 1.29 is 45.7 Å². The van der Waals surface area contributed by atoms with Crippen molar-refractivity contribution >= 4 is 18.1 Å². The molecule has 0 radical (unpaired) electrons. The van der Waals surface area contributed by atoms with E-state index in [-0.39, 0.29) is 24.8 Å². The number of rotatable bonds is 5. The zero-order valence-electron chi connectivity index (χ0n) is 19.0. The second-order valence-electron chi connectivity index (χ2n) is 8.82. The van der Waals surface area contributed by atoms with E-state index in [4.69, 9.17) is 0 Å². The third-order valence-corrected chi connectivity index (χ3v) is 28.6. The van der Waals surface area contributed by atoms with E-state index in [0.717, 1.165) is 7.25 Å². The van der Waals surface area contributed by atoms with E-state index in [1.165, 1.54) is 24.0 Å². The number of allylic oxidation sites excluding steroid dienone is 2. The smallest absolute Gasteiger partial charge is 1.00 e. The third kappa shape index (κ3) is 4.27. The zero-order chi connectivity index (χ0) is 20.0. The minimum absolute atomic E-state index is 0. The Morgan fingerprint density at radius 2 is 1.13 bits per heavy atom. The molecule has 0 bridgehead atoms. The van der Waals surface area contributed by atoms with Crippen LogP contribution in [0.5, 0.6) is 0 Å². The van der Waals surface area contributed by atoms with Crippen LogP contribution in [0.25, 0.3) is 12.2 Å². The first kappa shape index (κ1) is 25.9. The number of hydrogen-bond acceptors (Lipinski definition) is 0. The van der Waals surface area contributed by atoms with Crippen LogP contribution in [0, 0.1) is 13.8 Å². The standard InChI is InChI=1S/2C12H13.C2H7Si.2ClH.Zr/c2*1-3-10-7-11-6-4-5-9(2)12(11)8-10;1-3-2;;;/h2*4-8H,3H2,1-2H3;3H,1-2H3;2*1H;/q;;;;;+2/p-2. The van der Waals surface area contributed by atoms with E-state index < -0.39 is 26.8 Å². The Morgan fingerprint density at radius 3 is 1.47 bits per heavy atom. The number of halogens is 2. The van der Waals surface area contributed by atoms with Gasteiger partial charge in [-0.05, 0) is 0 Å². The normalized spacial score (nSPS) is 18.8. The Hall–Kier alpha value is -0.400. The van der Waals surface area contributed by atoms with Gasteiger partial charge in [0.15, 0.2) is 0 Å². The Kier molecular flexibility index (Phi) is 9.03. The van der Waals surface area contributed by atoms with Gasteiger partial charge in [0.05, 0.1) is 0 Å². The molecular formula is C26H33Cl2SiZr. The van der Waals surface area contributed by atoms with Crippen molar-refractivity contribution in [3.8, 4) is 0 Å². The second kappa shape index (κ2) is 10.5. The molecule has 2 atom stereocenters. The summed E-state index contributed by atoms with van der Waals surface area (Å²) in [6.07, 6.45) is 7.58. The molecule has 0 nitrogen and oxygen atoms in total. The largest absolute Gasteiger partial charge is 1.00 e. The molecular weight excluding hydrogens is 503 g/mol. The van der Waals surface area contributed by atoms with Crippen molar-refractivity contribution in [2.45, 2.75) is 60.9 Å². The Labute approximate surface area is 204 Å². The summed E-state index contributed by atoms with van der Waals surface area (Å²) in [6, 6.07) is 14.1. The van der Waals surface area contributed by atoms with Gasteiger partial charge in [0.25, 0.3) is 0 Å². The van der Waals surface area contributed by atoms with Gasteiger partial charge in [-0.25, -0.2) is 0 Å². The topological polar surface area (TPSA) is 0 Å². The zero-order valence-corrected chi connectivity index (χ0v) is 24.1. The van der Waals surface area contributed by atoms with Crippen molar-refractivity contribution in [3.05, 3.63) is 80.9 Å². The van der Waals surface area contributed by atoms with Gasteiger partial charge in [-0.15, -0.1) is 0 Å². The third-order valence-electron chi connectivity index (χ3n) is 6.89. The maximum atomic E-state index is 2.66. The van der Waals surface area contributed by atoms with E-state index in [1.54, 1.807) is 33.4 Å². The van der Waals surface area contributed by atoms with Crippen LogP contribution in [0.4, 0.5) is 0 Å². The van der Waals surface area contributed by atoms with Crippen molar-refractivity contribution in [3.63, 3.8) is 0 Å². The van der Waals surface area contributed by atoms with Crippen LogP contribution >= 0.6 is 0 Å². The van der Waals surface area contributed by atoms with Crippen LogP contribution in [0.1, 0.15) is 67.3 Å². The second-order valence-corrected chi connectivity index (χ2v) is 28.9. The average Bonchev–Trinajstić information content (AvgIpc) is 3.23. The van der Waals surface area contributed by atoms with E-state index >= 15 is 0 Å². The molecule has 0 amide bonds. The molecule has 0 N–H and O–H groups in total. The van der Waals surface area contributed by atoms with Crippen LogP contribution in [-0.2, 0) is 20.9 Å². The van der Waals surface area contributed by atoms with E-state index in [9.17, 15) is 0 Å². The van der Waals surface area contributed by atoms with Gasteiger partial charge < -0.3 is 24.8 Å². The SMILES string of the molecule is CCC1=Cc2c(C)cccc2[CH]1[Zr+2]([CH]1C(CC)=Cc2c(C)cccc21)[SiH](C)C.[Cl-].[Cl-]. The van der Waals surface area contributed by atoms with E-state index in [2.05, 4.69) is 89.3 Å². The molecule has 0 saturated carbocycles. The summed E-state index contributed by atoms with van der Waals surface area (Å²) in [4.78, 5) is 0. The van der Waals surface area contributed by atoms with Gasteiger partial charge in [-0.1, -0.05) is 0 Å². The molecule has 2 aromatic carbocycles. The maximum Gasteiger partial charge on any atom is -1.00 e. The van der Waals surface area contributed by atoms with Gasteiger partial charge in [0.2, 0.25) is 0 Å². The van der Waals surface area contributed by atoms with Gasteiger partial charge in [-0.2, -0.15) is 0 Å². The minimum atomic E-state index is -1.83. The molecule has 2 aliphatic carbocycles. The summed E-state index contributed by atoms with van der Waals surface area (Å²) in [5, 5.41) is 0. The molecule has 2 aromatic rings. The summed E-state index contributed by atoms with van der Waals surface area (Å²) in [6.45, 7) is 14.7. The summed E-state index contributed by atoms with van der Waals surface area (Å²) in [5.41, 5.74) is 12.9. The monoisotopic (exact) mass is 533 g/mol. The predicted octanol–water partition coefficient (Wildman–Crippen LogP) is 1.31. The first-order chi connectivity index (χ1) is 13.5. The van der Waals surface area contributed by atoms with Crippen molar-refractivity contribution in [1.82, 2.24) is 0 Å². The fourth-order valence-electron chi connectivity index (χ4n) is 5.47. The summed E-state index contributed by atoms with van der Waals surface area (Å²) < 4.78 is 1.58. The van der Waals surface area contributed by atoms with Gasteiger partial charge in [0.1, 0.15) is 0 Å². The van der Waals surface area contributed by atoms with Gasteiger partial charge in [-0.3, -0.25) is 0 Å². The summed E-state index contributed by atoms with van der Waals surface area (Å²) in [5.74, 6) is -0.731. The number of fused-ring (bicyclic) bond motifs is 2. The van der Waals surface area contributed by atoms with E-state index in [1.807, 2.05) is 0 Å². The average molecular weight is 536 g/mol. The van der Waals surface area contributed by atoms with Crippen LogP contribution in [0.2, 0.25) is 13.1 Å². The fraction of sp³-hybridized carbons (Fsp3) is 0.385. The maximum absolute atomic E-state index is 2.66. The Morgan fingerprint density at radius 1 is 0.733 bits per heavy atom. The molecule has 0 aliphatic heterocycles. The van der Waals surface area contributed by atoms with Gasteiger partial charge >= 0.3 is 181 Å². The van der Waals surface area contributed by atoms with Crippen molar-refractivity contribution in [1.29, 1.82) is 0 Å². The van der Waals surface area contributed by atoms with Crippen molar-refractivity contribution in [2.75, 3.05) is 0 Å². The number of hydrogen-bond donors (Lipinski definition) is 0. The molecule has 4 heteroatoms. The summed E-state index contributed by atoms with van der Waals surface area (Å²) in [7, 11) is 0. The Balaban J connectivity index is 0.00000160. The van der Waals surface area contributed by atoms with Crippen LogP contribution in [-0.4, -0.2) is 5.92 Å². The molecule has 2 unspecified atom stereocenters. The summed E-state index contributed by atoms with van der Waals surface area (Å²) >= 11 is -1.83. The molecule has 0 fully saturated rings. The van der Waals surface area contributed by atoms with E-state index in [0.29, 0.717) is 0 Å². The fourth-order valence-corrected chi connectivity index (χ4v) is 28.6. The molecule has 2 aliphatic rings. The van der Waals surface area contributed by atoms with Gasteiger partial charge in [0, 0.05) is 0 Å².